The van der Waals surface area contributed by atoms with E-state index in [1.807, 2.05) is 79.9 Å². The van der Waals surface area contributed by atoms with Gasteiger partial charge in [-0.2, -0.15) is 0 Å². The van der Waals surface area contributed by atoms with Crippen LogP contribution < -0.4 is 10.1 Å². The van der Waals surface area contributed by atoms with Crippen molar-refractivity contribution in [3.05, 3.63) is 54.6 Å². The van der Waals surface area contributed by atoms with Crippen LogP contribution in [0.3, 0.4) is 0 Å². The summed E-state index contributed by atoms with van der Waals surface area (Å²) in [7, 11) is 0. The zero-order valence-electron chi connectivity index (χ0n) is 16.3. The number of hydrogen-bond donors (Lipinski definition) is 1. The monoisotopic (exact) mass is 396 g/mol. The van der Waals surface area contributed by atoms with Crippen LogP contribution in [-0.4, -0.2) is 39.1 Å². The van der Waals surface area contributed by atoms with Gasteiger partial charge in [-0.1, -0.05) is 42.1 Å². The number of nitrogens with one attached hydrogen (secondary N) is 1. The van der Waals surface area contributed by atoms with Gasteiger partial charge in [-0.3, -0.25) is 9.36 Å². The molecule has 0 aliphatic heterocycles. The van der Waals surface area contributed by atoms with E-state index in [4.69, 9.17) is 4.74 Å². The number of thioether (sulfide) groups is 1. The van der Waals surface area contributed by atoms with Crippen molar-refractivity contribution in [3.8, 4) is 22.8 Å². The molecule has 28 heavy (non-hydrogen) atoms. The Morgan fingerprint density at radius 3 is 2.46 bits per heavy atom. The first-order chi connectivity index (χ1) is 13.6. The van der Waals surface area contributed by atoms with Gasteiger partial charge in [0.15, 0.2) is 11.0 Å². The van der Waals surface area contributed by atoms with Gasteiger partial charge in [-0.25, -0.2) is 0 Å². The molecule has 0 saturated heterocycles. The normalized spacial score (nSPS) is 10.9. The highest BCUT2D eigenvalue weighted by atomic mass is 32.2. The van der Waals surface area contributed by atoms with E-state index >= 15 is 0 Å². The van der Waals surface area contributed by atoms with Crippen LogP contribution in [0, 0.1) is 0 Å². The molecule has 0 bridgehead atoms. The minimum Gasteiger partial charge on any atom is -0.494 e. The fourth-order valence-electron chi connectivity index (χ4n) is 2.72. The molecule has 2 aromatic carbocycles. The molecule has 0 aliphatic rings. The molecular weight excluding hydrogens is 372 g/mol. The molecule has 0 atom stereocenters. The molecule has 1 amide bonds. The lowest BCUT2D eigenvalue weighted by Crippen LogP contribution is -2.31. The lowest BCUT2D eigenvalue weighted by Gasteiger charge is -2.12. The molecule has 0 fully saturated rings. The van der Waals surface area contributed by atoms with Gasteiger partial charge in [0.25, 0.3) is 0 Å². The third kappa shape index (κ3) is 4.92. The summed E-state index contributed by atoms with van der Waals surface area (Å²) in [6.07, 6.45) is 0. The Kier molecular flexibility index (Phi) is 6.71. The summed E-state index contributed by atoms with van der Waals surface area (Å²) >= 11 is 1.37. The maximum atomic E-state index is 12.1. The highest BCUT2D eigenvalue weighted by Gasteiger charge is 2.17. The van der Waals surface area contributed by atoms with Crippen LogP contribution in [0.2, 0.25) is 0 Å². The molecule has 3 aromatic rings. The van der Waals surface area contributed by atoms with Crippen molar-refractivity contribution >= 4 is 17.7 Å². The van der Waals surface area contributed by atoms with E-state index in [9.17, 15) is 4.79 Å². The fraction of sp³-hybridized carbons (Fsp3) is 0.286. The molecular formula is C21H24N4O2S. The van der Waals surface area contributed by atoms with Crippen LogP contribution >= 0.6 is 11.8 Å². The molecule has 0 spiro atoms. The van der Waals surface area contributed by atoms with Crippen LogP contribution in [0.15, 0.2) is 59.8 Å². The minimum atomic E-state index is -0.0255. The fourth-order valence-corrected chi connectivity index (χ4v) is 3.49. The van der Waals surface area contributed by atoms with Crippen LogP contribution in [-0.2, 0) is 4.79 Å². The van der Waals surface area contributed by atoms with Gasteiger partial charge in [0, 0.05) is 17.3 Å². The van der Waals surface area contributed by atoms with Gasteiger partial charge < -0.3 is 10.1 Å². The molecule has 0 radical (unpaired) electrons. The van der Waals surface area contributed by atoms with Gasteiger partial charge in [-0.15, -0.1) is 10.2 Å². The van der Waals surface area contributed by atoms with E-state index in [0.717, 1.165) is 22.8 Å². The number of rotatable bonds is 8. The first-order valence-corrected chi connectivity index (χ1v) is 10.2. The molecule has 6 nitrogen and oxygen atoms in total. The number of amides is 1. The van der Waals surface area contributed by atoms with E-state index in [1.54, 1.807) is 0 Å². The topological polar surface area (TPSA) is 69.0 Å². The number of hydrogen-bond acceptors (Lipinski definition) is 5. The molecule has 1 N–H and O–H groups in total. The number of nitrogens with zero attached hydrogens (tertiary/aromatic N) is 3. The summed E-state index contributed by atoms with van der Waals surface area (Å²) in [5.41, 5.74) is 1.88. The SMILES string of the molecule is CCOc1ccc(-n2c(SCC(=O)NC(C)C)nnc2-c2ccccc2)cc1. The molecule has 7 heteroatoms. The number of carbonyl (C=O) groups excluding carboxylic acids is 1. The third-order valence-electron chi connectivity index (χ3n) is 3.85. The van der Waals surface area contributed by atoms with Crippen molar-refractivity contribution in [2.24, 2.45) is 0 Å². The predicted molar refractivity (Wildman–Crippen MR) is 112 cm³/mol. The standard InChI is InChI=1S/C21H24N4O2S/c1-4-27-18-12-10-17(11-13-18)25-20(16-8-6-5-7-9-16)23-24-21(25)28-14-19(26)22-15(2)3/h5-13,15H,4,14H2,1-3H3,(H,22,26). The number of carbonyl (C=O) groups is 1. The average Bonchev–Trinajstić information content (AvgIpc) is 3.11. The largest absolute Gasteiger partial charge is 0.494 e. The predicted octanol–water partition coefficient (Wildman–Crippen LogP) is 3.95. The van der Waals surface area contributed by atoms with Gasteiger partial charge >= 0.3 is 0 Å². The first-order valence-electron chi connectivity index (χ1n) is 9.24. The van der Waals surface area contributed by atoms with Crippen molar-refractivity contribution in [3.63, 3.8) is 0 Å². The molecule has 0 aliphatic carbocycles. The number of ether oxygens (including phenoxy) is 1. The van der Waals surface area contributed by atoms with Crippen LogP contribution in [0.25, 0.3) is 17.1 Å². The Labute approximate surface area is 169 Å². The zero-order chi connectivity index (χ0) is 19.9. The van der Waals surface area contributed by atoms with E-state index in [0.29, 0.717) is 11.8 Å². The molecule has 1 heterocycles. The summed E-state index contributed by atoms with van der Waals surface area (Å²) in [5, 5.41) is 12.3. The highest BCUT2D eigenvalue weighted by molar-refractivity contribution is 7.99. The smallest absolute Gasteiger partial charge is 0.230 e. The van der Waals surface area contributed by atoms with Crippen molar-refractivity contribution < 1.29 is 9.53 Å². The maximum Gasteiger partial charge on any atom is 0.230 e. The van der Waals surface area contributed by atoms with E-state index in [2.05, 4.69) is 15.5 Å². The summed E-state index contributed by atoms with van der Waals surface area (Å²) < 4.78 is 7.51. The van der Waals surface area contributed by atoms with Crippen molar-refractivity contribution in [2.45, 2.75) is 32.0 Å². The van der Waals surface area contributed by atoms with E-state index in [1.165, 1.54) is 11.8 Å². The zero-order valence-corrected chi connectivity index (χ0v) is 17.1. The lowest BCUT2D eigenvalue weighted by atomic mass is 10.2. The first kappa shape index (κ1) is 19.9. The van der Waals surface area contributed by atoms with Crippen LogP contribution in [0.5, 0.6) is 5.75 Å². The second kappa shape index (κ2) is 9.41. The summed E-state index contributed by atoms with van der Waals surface area (Å²) in [6.45, 7) is 6.46. The Bertz CT molecular complexity index is 908. The van der Waals surface area contributed by atoms with Crippen molar-refractivity contribution in [1.82, 2.24) is 20.1 Å². The number of aromatic nitrogens is 3. The van der Waals surface area contributed by atoms with Gasteiger partial charge in [-0.05, 0) is 45.0 Å². The third-order valence-corrected chi connectivity index (χ3v) is 4.78. The second-order valence-electron chi connectivity index (χ2n) is 6.45. The minimum absolute atomic E-state index is 0.0255. The lowest BCUT2D eigenvalue weighted by molar-refractivity contribution is -0.119. The highest BCUT2D eigenvalue weighted by Crippen LogP contribution is 2.28. The number of benzene rings is 2. The Morgan fingerprint density at radius 2 is 1.82 bits per heavy atom. The van der Waals surface area contributed by atoms with E-state index < -0.39 is 0 Å². The van der Waals surface area contributed by atoms with Gasteiger partial charge in [0.05, 0.1) is 12.4 Å². The van der Waals surface area contributed by atoms with Gasteiger partial charge in [0.1, 0.15) is 5.75 Å². The summed E-state index contributed by atoms with van der Waals surface area (Å²) in [4.78, 5) is 12.1. The quantitative estimate of drug-likeness (QED) is 0.584. The second-order valence-corrected chi connectivity index (χ2v) is 7.39. The van der Waals surface area contributed by atoms with Crippen molar-refractivity contribution in [1.29, 1.82) is 0 Å². The van der Waals surface area contributed by atoms with E-state index in [-0.39, 0.29) is 17.7 Å². The molecule has 0 unspecified atom stereocenters. The molecule has 146 valence electrons. The molecule has 3 rings (SSSR count). The van der Waals surface area contributed by atoms with Gasteiger partial charge in [0.2, 0.25) is 5.91 Å². The maximum absolute atomic E-state index is 12.1. The average molecular weight is 397 g/mol. The van der Waals surface area contributed by atoms with Crippen LogP contribution in [0.1, 0.15) is 20.8 Å². The van der Waals surface area contributed by atoms with Crippen LogP contribution in [0.4, 0.5) is 0 Å². The summed E-state index contributed by atoms with van der Waals surface area (Å²) in [5.74, 6) is 1.80. The Balaban J connectivity index is 1.94. The molecule has 1 aromatic heterocycles. The molecule has 0 saturated carbocycles. The van der Waals surface area contributed by atoms with Crippen molar-refractivity contribution in [2.75, 3.05) is 12.4 Å². The Morgan fingerprint density at radius 1 is 1.11 bits per heavy atom. The Hall–Kier alpha value is -2.80. The summed E-state index contributed by atoms with van der Waals surface area (Å²) in [6, 6.07) is 17.8.